The van der Waals surface area contributed by atoms with Gasteiger partial charge in [0.15, 0.2) is 0 Å². The van der Waals surface area contributed by atoms with Crippen LogP contribution in [0, 0.1) is 11.3 Å². The summed E-state index contributed by atoms with van der Waals surface area (Å²) >= 11 is 5.97. The molecule has 0 radical (unpaired) electrons. The molecule has 3 nitrogen and oxygen atoms in total. The predicted molar refractivity (Wildman–Crippen MR) is 91.4 cm³/mol. The first kappa shape index (κ1) is 15.1. The number of ether oxygens (including phenoxy) is 1. The lowest BCUT2D eigenvalue weighted by Crippen LogP contribution is -1.97. The van der Waals surface area contributed by atoms with Crippen molar-refractivity contribution in [2.75, 3.05) is 7.11 Å². The van der Waals surface area contributed by atoms with Gasteiger partial charge in [0, 0.05) is 16.1 Å². The molecule has 3 aromatic rings. The summed E-state index contributed by atoms with van der Waals surface area (Å²) in [6.07, 6.45) is 0. The number of aromatic nitrogens is 1. The Morgan fingerprint density at radius 3 is 2.30 bits per heavy atom. The molecule has 2 aromatic carbocycles. The summed E-state index contributed by atoms with van der Waals surface area (Å²) in [7, 11) is 1.51. The van der Waals surface area contributed by atoms with Crippen molar-refractivity contribution in [1.82, 2.24) is 4.98 Å². The molecule has 112 valence electrons. The lowest BCUT2D eigenvalue weighted by molar-refractivity contribution is 0.397. The van der Waals surface area contributed by atoms with Crippen molar-refractivity contribution in [1.29, 1.82) is 5.26 Å². The third-order valence-electron chi connectivity index (χ3n) is 3.50. The van der Waals surface area contributed by atoms with Crippen LogP contribution in [0.5, 0.6) is 5.88 Å². The van der Waals surface area contributed by atoms with E-state index in [1.165, 1.54) is 7.11 Å². The Kier molecular flexibility index (Phi) is 4.27. The van der Waals surface area contributed by atoms with E-state index in [2.05, 4.69) is 11.1 Å². The summed E-state index contributed by atoms with van der Waals surface area (Å²) in [5.41, 5.74) is 3.94. The zero-order valence-corrected chi connectivity index (χ0v) is 13.2. The molecule has 0 bridgehead atoms. The van der Waals surface area contributed by atoms with Crippen molar-refractivity contribution in [2.24, 2.45) is 0 Å². The monoisotopic (exact) mass is 320 g/mol. The molecular weight excluding hydrogens is 308 g/mol. The number of halogens is 1. The third kappa shape index (κ3) is 3.03. The minimum atomic E-state index is 0.317. The van der Waals surface area contributed by atoms with E-state index in [-0.39, 0.29) is 0 Å². The first-order valence-corrected chi connectivity index (χ1v) is 7.41. The van der Waals surface area contributed by atoms with E-state index in [1.54, 1.807) is 0 Å². The van der Waals surface area contributed by atoms with E-state index in [0.29, 0.717) is 16.5 Å². The van der Waals surface area contributed by atoms with Gasteiger partial charge in [0.05, 0.1) is 12.8 Å². The molecule has 0 unspecified atom stereocenters. The molecule has 0 aliphatic carbocycles. The van der Waals surface area contributed by atoms with Gasteiger partial charge in [-0.3, -0.25) is 0 Å². The second-order valence-electron chi connectivity index (χ2n) is 4.93. The van der Waals surface area contributed by atoms with Crippen LogP contribution in [0.3, 0.4) is 0 Å². The average molecular weight is 321 g/mol. The van der Waals surface area contributed by atoms with Gasteiger partial charge >= 0.3 is 0 Å². The Morgan fingerprint density at radius 1 is 1.00 bits per heavy atom. The molecule has 23 heavy (non-hydrogen) atoms. The van der Waals surface area contributed by atoms with Crippen molar-refractivity contribution in [3.05, 3.63) is 71.2 Å². The van der Waals surface area contributed by atoms with Crippen molar-refractivity contribution in [3.63, 3.8) is 0 Å². The first-order valence-electron chi connectivity index (χ1n) is 7.03. The summed E-state index contributed by atoms with van der Waals surface area (Å²) < 4.78 is 5.25. The van der Waals surface area contributed by atoms with Gasteiger partial charge in [0.2, 0.25) is 5.88 Å². The highest BCUT2D eigenvalue weighted by molar-refractivity contribution is 6.30. The highest BCUT2D eigenvalue weighted by Crippen LogP contribution is 2.34. The largest absolute Gasteiger partial charge is 0.480 e. The molecule has 3 rings (SSSR count). The number of hydrogen-bond donors (Lipinski definition) is 0. The van der Waals surface area contributed by atoms with Crippen LogP contribution < -0.4 is 4.74 Å². The van der Waals surface area contributed by atoms with E-state index in [9.17, 15) is 5.26 Å². The van der Waals surface area contributed by atoms with Crippen molar-refractivity contribution in [2.45, 2.75) is 0 Å². The highest BCUT2D eigenvalue weighted by atomic mass is 35.5. The maximum Gasteiger partial charge on any atom is 0.232 e. The zero-order valence-electron chi connectivity index (χ0n) is 12.5. The van der Waals surface area contributed by atoms with E-state index in [1.807, 2.05) is 60.7 Å². The van der Waals surface area contributed by atoms with Gasteiger partial charge in [-0.05, 0) is 23.8 Å². The summed E-state index contributed by atoms with van der Waals surface area (Å²) in [5.74, 6) is 0.317. The smallest absolute Gasteiger partial charge is 0.232 e. The Labute approximate surface area is 139 Å². The van der Waals surface area contributed by atoms with Crippen LogP contribution in [-0.2, 0) is 0 Å². The molecule has 0 aliphatic heterocycles. The Morgan fingerprint density at radius 2 is 1.70 bits per heavy atom. The fourth-order valence-corrected chi connectivity index (χ4v) is 2.52. The van der Waals surface area contributed by atoms with E-state index < -0.39 is 0 Å². The number of nitriles is 1. The molecule has 0 saturated carbocycles. The number of hydrogen-bond acceptors (Lipinski definition) is 3. The number of pyridine rings is 1. The van der Waals surface area contributed by atoms with Crippen LogP contribution in [0.4, 0.5) is 0 Å². The van der Waals surface area contributed by atoms with E-state index in [0.717, 1.165) is 22.4 Å². The molecule has 0 N–H and O–H groups in total. The Balaban J connectivity index is 2.28. The Bertz CT molecular complexity index is 868. The molecule has 0 fully saturated rings. The maximum absolute atomic E-state index is 9.33. The minimum absolute atomic E-state index is 0.317. The van der Waals surface area contributed by atoms with Gasteiger partial charge in [0.1, 0.15) is 11.6 Å². The SMILES string of the molecule is COc1nc(-c2ccc(Cl)cc2)c(-c2ccccc2)cc1C#N. The summed E-state index contributed by atoms with van der Waals surface area (Å²) in [6.45, 7) is 0. The van der Waals surface area contributed by atoms with Crippen LogP contribution in [0.1, 0.15) is 5.56 Å². The fraction of sp³-hybridized carbons (Fsp3) is 0.0526. The topological polar surface area (TPSA) is 45.9 Å². The molecular formula is C19H13ClN2O. The second-order valence-corrected chi connectivity index (χ2v) is 5.36. The summed E-state index contributed by atoms with van der Waals surface area (Å²) in [4.78, 5) is 4.55. The quantitative estimate of drug-likeness (QED) is 0.686. The first-order chi connectivity index (χ1) is 11.2. The fourth-order valence-electron chi connectivity index (χ4n) is 2.40. The number of benzene rings is 2. The standard InChI is InChI=1S/C19H13ClN2O/c1-23-19-15(12-21)11-17(13-5-3-2-4-6-13)18(22-19)14-7-9-16(20)10-8-14/h2-11H,1H3. The Hall–Kier alpha value is -2.83. The van der Waals surface area contributed by atoms with E-state index >= 15 is 0 Å². The van der Waals surface area contributed by atoms with Gasteiger partial charge in [-0.2, -0.15) is 5.26 Å². The van der Waals surface area contributed by atoms with Crippen molar-refractivity contribution >= 4 is 11.6 Å². The molecule has 0 spiro atoms. The maximum atomic E-state index is 9.33. The van der Waals surface area contributed by atoms with Crippen LogP contribution in [0.15, 0.2) is 60.7 Å². The molecule has 1 aromatic heterocycles. The van der Waals surface area contributed by atoms with Crippen LogP contribution in [-0.4, -0.2) is 12.1 Å². The van der Waals surface area contributed by atoms with Crippen molar-refractivity contribution in [3.8, 4) is 34.3 Å². The average Bonchev–Trinajstić information content (AvgIpc) is 2.62. The molecule has 1 heterocycles. The third-order valence-corrected chi connectivity index (χ3v) is 3.76. The van der Waals surface area contributed by atoms with Gasteiger partial charge in [-0.15, -0.1) is 0 Å². The second kappa shape index (κ2) is 6.51. The van der Waals surface area contributed by atoms with E-state index in [4.69, 9.17) is 16.3 Å². The summed E-state index contributed by atoms with van der Waals surface area (Å²) in [5, 5.41) is 9.99. The van der Waals surface area contributed by atoms with Crippen LogP contribution >= 0.6 is 11.6 Å². The normalized spacial score (nSPS) is 10.1. The predicted octanol–water partition coefficient (Wildman–Crippen LogP) is 4.95. The highest BCUT2D eigenvalue weighted by Gasteiger charge is 2.15. The number of nitrogens with zero attached hydrogens (tertiary/aromatic N) is 2. The lowest BCUT2D eigenvalue weighted by atomic mass is 9.98. The number of methoxy groups -OCH3 is 1. The van der Waals surface area contributed by atoms with Crippen molar-refractivity contribution < 1.29 is 4.74 Å². The van der Waals surface area contributed by atoms with Gasteiger partial charge < -0.3 is 4.74 Å². The molecule has 4 heteroatoms. The van der Waals surface area contributed by atoms with Gasteiger partial charge in [-0.1, -0.05) is 54.1 Å². The molecule has 0 amide bonds. The number of rotatable bonds is 3. The lowest BCUT2D eigenvalue weighted by Gasteiger charge is -2.12. The molecule has 0 saturated heterocycles. The van der Waals surface area contributed by atoms with Gasteiger partial charge in [-0.25, -0.2) is 4.98 Å². The molecule has 0 atom stereocenters. The molecule has 0 aliphatic rings. The minimum Gasteiger partial charge on any atom is -0.480 e. The van der Waals surface area contributed by atoms with Crippen LogP contribution in [0.2, 0.25) is 5.02 Å². The van der Waals surface area contributed by atoms with Gasteiger partial charge in [0.25, 0.3) is 0 Å². The zero-order chi connectivity index (χ0) is 16.2. The summed E-state index contributed by atoms with van der Waals surface area (Å²) in [6, 6.07) is 21.2. The van der Waals surface area contributed by atoms with Crippen LogP contribution in [0.25, 0.3) is 22.4 Å².